The van der Waals surface area contributed by atoms with Crippen LogP contribution in [0.5, 0.6) is 0 Å². The van der Waals surface area contributed by atoms with Gasteiger partial charge in [0.1, 0.15) is 11.6 Å². The normalized spacial score (nSPS) is 13.7. The van der Waals surface area contributed by atoms with Crippen LogP contribution in [0.15, 0.2) is 40.5 Å². The van der Waals surface area contributed by atoms with Crippen LogP contribution >= 0.6 is 11.3 Å². The van der Waals surface area contributed by atoms with E-state index in [9.17, 15) is 18.4 Å². The van der Waals surface area contributed by atoms with E-state index in [0.717, 1.165) is 29.9 Å². The van der Waals surface area contributed by atoms with Crippen molar-refractivity contribution in [1.29, 1.82) is 0 Å². The third kappa shape index (κ3) is 3.55. The topological polar surface area (TPSA) is 68.9 Å². The van der Waals surface area contributed by atoms with Gasteiger partial charge in [-0.05, 0) is 36.4 Å². The summed E-state index contributed by atoms with van der Waals surface area (Å²) in [4.78, 5) is 25.6. The van der Waals surface area contributed by atoms with Gasteiger partial charge in [0.2, 0.25) is 0 Å². The van der Waals surface area contributed by atoms with Crippen molar-refractivity contribution in [2.75, 3.05) is 6.54 Å². The Balaban J connectivity index is 1.48. The van der Waals surface area contributed by atoms with Crippen LogP contribution < -0.4 is 11.0 Å². The molecule has 140 valence electrons. The van der Waals surface area contributed by atoms with Gasteiger partial charge in [-0.2, -0.15) is 0 Å². The van der Waals surface area contributed by atoms with Gasteiger partial charge in [0, 0.05) is 18.7 Å². The monoisotopic (exact) mass is 390 g/mol. The Kier molecular flexibility index (Phi) is 4.61. The number of hydrogen-bond acceptors (Lipinski definition) is 4. The molecule has 1 N–H and O–H groups in total. The van der Waals surface area contributed by atoms with E-state index < -0.39 is 17.5 Å². The van der Waals surface area contributed by atoms with E-state index in [1.54, 1.807) is 4.57 Å². The minimum Gasteiger partial charge on any atom is -0.350 e. The van der Waals surface area contributed by atoms with Crippen molar-refractivity contribution in [1.82, 2.24) is 19.7 Å². The second-order valence-electron chi connectivity index (χ2n) is 6.29. The standard InChI is InChI=1S/C18H16F2N4O2S/c19-11-3-6-13(14(20)10-11)17(25)21-7-8-23-18(26)24(12-4-5-12)16(22-23)15-2-1-9-27-15/h1-3,6,9-10,12H,4-5,7-8H2,(H,21,25). The van der Waals surface area contributed by atoms with Crippen LogP contribution in [0.4, 0.5) is 8.78 Å². The number of benzene rings is 1. The van der Waals surface area contributed by atoms with E-state index in [2.05, 4.69) is 10.4 Å². The summed E-state index contributed by atoms with van der Waals surface area (Å²) in [5.74, 6) is -1.71. The Morgan fingerprint density at radius 2 is 2.11 bits per heavy atom. The predicted molar refractivity (Wildman–Crippen MR) is 96.8 cm³/mol. The molecule has 6 nitrogen and oxygen atoms in total. The van der Waals surface area contributed by atoms with Crippen LogP contribution in [0.1, 0.15) is 29.2 Å². The first-order valence-corrected chi connectivity index (χ1v) is 9.39. The molecular weight excluding hydrogens is 374 g/mol. The molecule has 1 fully saturated rings. The lowest BCUT2D eigenvalue weighted by Gasteiger charge is -2.06. The summed E-state index contributed by atoms with van der Waals surface area (Å²) in [6.45, 7) is 0.257. The smallest absolute Gasteiger partial charge is 0.346 e. The summed E-state index contributed by atoms with van der Waals surface area (Å²) in [5, 5.41) is 8.87. The molecule has 1 aliphatic carbocycles. The lowest BCUT2D eigenvalue weighted by molar-refractivity contribution is 0.0947. The Hall–Kier alpha value is -2.81. The largest absolute Gasteiger partial charge is 0.350 e. The Morgan fingerprint density at radius 3 is 2.78 bits per heavy atom. The minimum absolute atomic E-state index is 0.0983. The summed E-state index contributed by atoms with van der Waals surface area (Å²) in [7, 11) is 0. The molecule has 9 heteroatoms. The molecule has 1 aromatic carbocycles. The average molecular weight is 390 g/mol. The van der Waals surface area contributed by atoms with Crippen molar-refractivity contribution in [2.24, 2.45) is 0 Å². The fourth-order valence-electron chi connectivity index (χ4n) is 2.85. The molecule has 2 aromatic heterocycles. The fraction of sp³-hybridized carbons (Fsp3) is 0.278. The fourth-order valence-corrected chi connectivity index (χ4v) is 3.55. The maximum absolute atomic E-state index is 13.7. The van der Waals surface area contributed by atoms with E-state index in [1.807, 2.05) is 17.5 Å². The first-order valence-electron chi connectivity index (χ1n) is 8.51. The molecular formula is C18H16F2N4O2S. The number of thiophene rings is 1. The van der Waals surface area contributed by atoms with Gasteiger partial charge in [-0.3, -0.25) is 9.36 Å². The molecule has 1 aliphatic rings. The van der Waals surface area contributed by atoms with Crippen molar-refractivity contribution in [3.63, 3.8) is 0 Å². The SMILES string of the molecule is O=C(NCCn1nc(-c2cccs2)n(C2CC2)c1=O)c1ccc(F)cc1F. The number of rotatable bonds is 6. The molecule has 0 bridgehead atoms. The van der Waals surface area contributed by atoms with Gasteiger partial charge in [-0.25, -0.2) is 18.3 Å². The summed E-state index contributed by atoms with van der Waals surface area (Å²) in [6.07, 6.45) is 1.90. The molecule has 0 saturated heterocycles. The number of nitrogens with zero attached hydrogens (tertiary/aromatic N) is 3. The lowest BCUT2D eigenvalue weighted by Crippen LogP contribution is -2.32. The average Bonchev–Trinajstić information content (AvgIpc) is 3.20. The molecule has 0 atom stereocenters. The van der Waals surface area contributed by atoms with Gasteiger partial charge in [0.05, 0.1) is 17.0 Å². The zero-order valence-electron chi connectivity index (χ0n) is 14.2. The van der Waals surface area contributed by atoms with Crippen molar-refractivity contribution in [2.45, 2.75) is 25.4 Å². The molecule has 0 spiro atoms. The van der Waals surface area contributed by atoms with Crippen molar-refractivity contribution in [3.8, 4) is 10.7 Å². The van der Waals surface area contributed by atoms with Crippen molar-refractivity contribution in [3.05, 3.63) is 63.4 Å². The quantitative estimate of drug-likeness (QED) is 0.704. The van der Waals surface area contributed by atoms with Gasteiger partial charge >= 0.3 is 5.69 Å². The third-order valence-electron chi connectivity index (χ3n) is 4.31. The number of halogens is 2. The molecule has 1 saturated carbocycles. The molecule has 27 heavy (non-hydrogen) atoms. The first-order chi connectivity index (χ1) is 13.0. The van der Waals surface area contributed by atoms with E-state index in [0.29, 0.717) is 11.9 Å². The summed E-state index contributed by atoms with van der Waals surface area (Å²) >= 11 is 1.51. The number of nitrogens with one attached hydrogen (secondary N) is 1. The van der Waals surface area contributed by atoms with E-state index in [-0.39, 0.29) is 30.4 Å². The number of amides is 1. The van der Waals surface area contributed by atoms with Crippen LogP contribution in [-0.2, 0) is 6.54 Å². The highest BCUT2D eigenvalue weighted by Crippen LogP contribution is 2.37. The lowest BCUT2D eigenvalue weighted by atomic mass is 10.2. The van der Waals surface area contributed by atoms with E-state index in [1.165, 1.54) is 16.0 Å². The summed E-state index contributed by atoms with van der Waals surface area (Å²) in [5.41, 5.74) is -0.463. The minimum atomic E-state index is -0.928. The Morgan fingerprint density at radius 1 is 1.30 bits per heavy atom. The molecule has 0 radical (unpaired) electrons. The second kappa shape index (κ2) is 7.07. The summed E-state index contributed by atoms with van der Waals surface area (Å²) < 4.78 is 29.6. The number of aromatic nitrogens is 3. The number of carbonyl (C=O) groups excluding carboxylic acids is 1. The Labute approximate surface area is 157 Å². The highest BCUT2D eigenvalue weighted by Gasteiger charge is 2.30. The third-order valence-corrected chi connectivity index (χ3v) is 5.17. The molecule has 3 aromatic rings. The molecule has 0 aliphatic heterocycles. The predicted octanol–water partition coefficient (Wildman–Crippen LogP) is 2.82. The first kappa shape index (κ1) is 17.6. The molecule has 1 amide bonds. The van der Waals surface area contributed by atoms with E-state index >= 15 is 0 Å². The maximum Gasteiger partial charge on any atom is 0.346 e. The van der Waals surface area contributed by atoms with Gasteiger partial charge in [-0.15, -0.1) is 16.4 Å². The zero-order chi connectivity index (χ0) is 19.0. The van der Waals surface area contributed by atoms with Crippen LogP contribution in [0, 0.1) is 11.6 Å². The van der Waals surface area contributed by atoms with E-state index in [4.69, 9.17) is 0 Å². The van der Waals surface area contributed by atoms with Crippen molar-refractivity contribution < 1.29 is 13.6 Å². The van der Waals surface area contributed by atoms with Crippen LogP contribution in [0.3, 0.4) is 0 Å². The zero-order valence-corrected chi connectivity index (χ0v) is 15.0. The van der Waals surface area contributed by atoms with Crippen LogP contribution in [-0.4, -0.2) is 26.8 Å². The molecule has 2 heterocycles. The van der Waals surface area contributed by atoms with Gasteiger partial charge in [-0.1, -0.05) is 6.07 Å². The maximum atomic E-state index is 13.7. The van der Waals surface area contributed by atoms with Crippen LogP contribution in [0.25, 0.3) is 10.7 Å². The number of hydrogen-bond donors (Lipinski definition) is 1. The van der Waals surface area contributed by atoms with Crippen LogP contribution in [0.2, 0.25) is 0 Å². The number of carbonyl (C=O) groups is 1. The summed E-state index contributed by atoms with van der Waals surface area (Å²) in [6, 6.07) is 6.75. The second-order valence-corrected chi connectivity index (χ2v) is 7.24. The highest BCUT2D eigenvalue weighted by atomic mass is 32.1. The van der Waals surface area contributed by atoms with Crippen molar-refractivity contribution >= 4 is 17.2 Å². The van der Waals surface area contributed by atoms with Gasteiger partial charge < -0.3 is 5.32 Å². The highest BCUT2D eigenvalue weighted by molar-refractivity contribution is 7.13. The molecule has 0 unspecified atom stereocenters. The molecule has 4 rings (SSSR count). The van der Waals surface area contributed by atoms with Gasteiger partial charge in [0.15, 0.2) is 5.82 Å². The van der Waals surface area contributed by atoms with Gasteiger partial charge in [0.25, 0.3) is 5.91 Å². The Bertz CT molecular complexity index is 1040.